The van der Waals surface area contributed by atoms with E-state index in [1.165, 1.54) is 28.6 Å². The van der Waals surface area contributed by atoms with Crippen molar-refractivity contribution in [3.63, 3.8) is 0 Å². The van der Waals surface area contributed by atoms with Crippen LogP contribution in [-0.4, -0.2) is 31.9 Å². The highest BCUT2D eigenvalue weighted by Gasteiger charge is 2.21. The number of sulfonamides is 1. The Bertz CT molecular complexity index is 1070. The lowest BCUT2D eigenvalue weighted by atomic mass is 10.2. The maximum absolute atomic E-state index is 12.8. The number of rotatable bonds is 7. The summed E-state index contributed by atoms with van der Waals surface area (Å²) in [6.07, 6.45) is 1.99. The molecule has 0 fully saturated rings. The summed E-state index contributed by atoms with van der Waals surface area (Å²) in [6.45, 7) is 0.275. The van der Waals surface area contributed by atoms with Crippen LogP contribution in [0.15, 0.2) is 88.7 Å². The van der Waals surface area contributed by atoms with E-state index < -0.39 is 10.0 Å². The van der Waals surface area contributed by atoms with E-state index in [1.54, 1.807) is 18.8 Å². The van der Waals surface area contributed by atoms with E-state index in [9.17, 15) is 13.2 Å². The van der Waals surface area contributed by atoms with E-state index >= 15 is 0 Å². The van der Waals surface area contributed by atoms with Gasteiger partial charge in [0.15, 0.2) is 0 Å². The molecule has 7 heteroatoms. The van der Waals surface area contributed by atoms with E-state index in [4.69, 9.17) is 0 Å². The fraction of sp³-hybridized carbons (Fsp3) is 0.136. The maximum atomic E-state index is 12.8. The van der Waals surface area contributed by atoms with Gasteiger partial charge in [0.1, 0.15) is 0 Å². The van der Waals surface area contributed by atoms with Gasteiger partial charge in [-0.2, -0.15) is 4.31 Å². The number of carbonyl (C=O) groups excluding carboxylic acids is 1. The Morgan fingerprint density at radius 2 is 1.55 bits per heavy atom. The fourth-order valence-corrected chi connectivity index (χ4v) is 4.33. The molecule has 0 unspecified atom stereocenters. The zero-order valence-electron chi connectivity index (χ0n) is 16.2. The summed E-state index contributed by atoms with van der Waals surface area (Å²) >= 11 is 1.63. The van der Waals surface area contributed by atoms with Crippen LogP contribution in [0, 0.1) is 0 Å². The smallest absolute Gasteiger partial charge is 0.255 e. The largest absolute Gasteiger partial charge is 0.322 e. The molecule has 3 rings (SSSR count). The molecule has 0 radical (unpaired) electrons. The topological polar surface area (TPSA) is 66.5 Å². The molecule has 0 bridgehead atoms. The molecule has 0 saturated heterocycles. The molecule has 3 aromatic carbocycles. The van der Waals surface area contributed by atoms with Crippen molar-refractivity contribution >= 4 is 33.4 Å². The first-order valence-corrected chi connectivity index (χ1v) is 11.6. The fourth-order valence-electron chi connectivity index (χ4n) is 2.76. The minimum atomic E-state index is -3.65. The van der Waals surface area contributed by atoms with Crippen molar-refractivity contribution in [2.24, 2.45) is 0 Å². The number of anilines is 1. The molecule has 5 nitrogen and oxygen atoms in total. The lowest BCUT2D eigenvalue weighted by Gasteiger charge is -2.17. The van der Waals surface area contributed by atoms with Gasteiger partial charge in [0.2, 0.25) is 10.0 Å². The first kappa shape index (κ1) is 21.1. The zero-order valence-corrected chi connectivity index (χ0v) is 17.8. The summed E-state index contributed by atoms with van der Waals surface area (Å²) in [6, 6.07) is 22.9. The maximum Gasteiger partial charge on any atom is 0.255 e. The van der Waals surface area contributed by atoms with E-state index in [0.29, 0.717) is 11.3 Å². The van der Waals surface area contributed by atoms with Crippen molar-refractivity contribution in [2.75, 3.05) is 18.6 Å². The molecule has 150 valence electrons. The highest BCUT2D eigenvalue weighted by atomic mass is 32.2. The molecular weight excluding hydrogens is 404 g/mol. The van der Waals surface area contributed by atoms with E-state index in [-0.39, 0.29) is 17.3 Å². The Morgan fingerprint density at radius 3 is 2.14 bits per heavy atom. The quantitative estimate of drug-likeness (QED) is 0.566. The van der Waals surface area contributed by atoms with Crippen molar-refractivity contribution in [3.8, 4) is 0 Å². The van der Waals surface area contributed by atoms with Gasteiger partial charge in [0.25, 0.3) is 5.91 Å². The summed E-state index contributed by atoms with van der Waals surface area (Å²) in [5.74, 6) is -0.288. The van der Waals surface area contributed by atoms with Crippen LogP contribution in [-0.2, 0) is 16.6 Å². The van der Waals surface area contributed by atoms with Gasteiger partial charge in [0, 0.05) is 29.7 Å². The second-order valence-electron chi connectivity index (χ2n) is 6.45. The highest BCUT2D eigenvalue weighted by molar-refractivity contribution is 7.98. The van der Waals surface area contributed by atoms with E-state index in [0.717, 1.165) is 10.5 Å². The van der Waals surface area contributed by atoms with Gasteiger partial charge in [-0.25, -0.2) is 8.42 Å². The monoisotopic (exact) mass is 426 g/mol. The third-order valence-corrected chi connectivity index (χ3v) is 6.98. The van der Waals surface area contributed by atoms with Crippen molar-refractivity contribution in [1.82, 2.24) is 4.31 Å². The molecule has 0 heterocycles. The molecule has 0 aromatic heterocycles. The average Bonchev–Trinajstić information content (AvgIpc) is 2.75. The van der Waals surface area contributed by atoms with Crippen LogP contribution in [0.2, 0.25) is 0 Å². The molecule has 1 N–H and O–H groups in total. The van der Waals surface area contributed by atoms with Gasteiger partial charge in [-0.05, 0) is 60.4 Å². The van der Waals surface area contributed by atoms with Crippen LogP contribution in [0.4, 0.5) is 5.69 Å². The number of nitrogens with zero attached hydrogens (tertiary/aromatic N) is 1. The molecule has 0 aliphatic heterocycles. The number of benzene rings is 3. The Kier molecular flexibility index (Phi) is 6.74. The van der Waals surface area contributed by atoms with Crippen LogP contribution in [0.3, 0.4) is 0 Å². The lowest BCUT2D eigenvalue weighted by molar-refractivity contribution is 0.102. The SMILES string of the molecule is CSc1ccc(NC(=O)c2ccc(S(=O)(=O)N(C)Cc3ccccc3)cc2)cc1. The Balaban J connectivity index is 1.70. The minimum absolute atomic E-state index is 0.150. The van der Waals surface area contributed by atoms with Gasteiger partial charge in [0.05, 0.1) is 4.90 Å². The van der Waals surface area contributed by atoms with Crippen molar-refractivity contribution in [2.45, 2.75) is 16.3 Å². The number of hydrogen-bond donors (Lipinski definition) is 1. The summed E-state index contributed by atoms with van der Waals surface area (Å²) in [4.78, 5) is 13.7. The van der Waals surface area contributed by atoms with Gasteiger partial charge >= 0.3 is 0 Å². The molecule has 0 atom stereocenters. The molecule has 3 aromatic rings. The van der Waals surface area contributed by atoms with Gasteiger partial charge < -0.3 is 5.32 Å². The van der Waals surface area contributed by atoms with Gasteiger partial charge in [-0.1, -0.05) is 30.3 Å². The molecule has 0 spiro atoms. The van der Waals surface area contributed by atoms with Crippen LogP contribution >= 0.6 is 11.8 Å². The Hall–Kier alpha value is -2.61. The molecule has 29 heavy (non-hydrogen) atoms. The Labute approximate surface area is 175 Å². The zero-order chi connectivity index (χ0) is 20.9. The summed E-state index contributed by atoms with van der Waals surface area (Å²) in [7, 11) is -2.10. The van der Waals surface area contributed by atoms with E-state index in [1.807, 2.05) is 60.9 Å². The van der Waals surface area contributed by atoms with Crippen LogP contribution in [0.5, 0.6) is 0 Å². The second-order valence-corrected chi connectivity index (χ2v) is 9.38. The number of nitrogens with one attached hydrogen (secondary N) is 1. The number of thioether (sulfide) groups is 1. The molecule has 0 aliphatic carbocycles. The third-order valence-electron chi connectivity index (χ3n) is 4.42. The van der Waals surface area contributed by atoms with Crippen molar-refractivity contribution in [1.29, 1.82) is 0 Å². The number of amides is 1. The van der Waals surface area contributed by atoms with Crippen LogP contribution in [0.25, 0.3) is 0 Å². The van der Waals surface area contributed by atoms with Crippen LogP contribution < -0.4 is 5.32 Å². The minimum Gasteiger partial charge on any atom is -0.322 e. The lowest BCUT2D eigenvalue weighted by Crippen LogP contribution is -2.26. The summed E-state index contributed by atoms with van der Waals surface area (Å²) < 4.78 is 26.9. The first-order valence-electron chi connectivity index (χ1n) is 8.96. The average molecular weight is 427 g/mol. The van der Waals surface area contributed by atoms with Gasteiger partial charge in [-0.15, -0.1) is 11.8 Å². The van der Waals surface area contributed by atoms with Gasteiger partial charge in [-0.3, -0.25) is 4.79 Å². The van der Waals surface area contributed by atoms with E-state index in [2.05, 4.69) is 5.32 Å². The molecule has 1 amide bonds. The highest BCUT2D eigenvalue weighted by Crippen LogP contribution is 2.20. The second kappa shape index (κ2) is 9.26. The summed E-state index contributed by atoms with van der Waals surface area (Å²) in [5, 5.41) is 2.82. The molecular formula is C22H22N2O3S2. The summed E-state index contributed by atoms with van der Waals surface area (Å²) in [5.41, 5.74) is 1.98. The van der Waals surface area contributed by atoms with Crippen molar-refractivity contribution in [3.05, 3.63) is 90.0 Å². The number of carbonyl (C=O) groups is 1. The van der Waals surface area contributed by atoms with Crippen LogP contribution in [0.1, 0.15) is 15.9 Å². The number of hydrogen-bond acceptors (Lipinski definition) is 4. The normalized spacial score (nSPS) is 11.4. The predicted molar refractivity (Wildman–Crippen MR) is 118 cm³/mol. The van der Waals surface area contributed by atoms with Crippen molar-refractivity contribution < 1.29 is 13.2 Å². The molecule has 0 saturated carbocycles. The standard InChI is InChI=1S/C22H22N2O3S2/c1-24(16-17-6-4-3-5-7-17)29(26,27)21-14-8-18(9-15-21)22(25)23-19-10-12-20(28-2)13-11-19/h3-15H,16H2,1-2H3,(H,23,25). The molecule has 0 aliphatic rings. The Morgan fingerprint density at radius 1 is 0.931 bits per heavy atom. The first-order chi connectivity index (χ1) is 13.9. The third kappa shape index (κ3) is 5.26. The predicted octanol–water partition coefficient (Wildman–Crippen LogP) is 4.48.